The molecule has 0 spiro atoms. The topological polar surface area (TPSA) is 55.8 Å². The van der Waals surface area contributed by atoms with Gasteiger partial charge in [0.25, 0.3) is 0 Å². The lowest BCUT2D eigenvalue weighted by molar-refractivity contribution is 0.0726. The van der Waals surface area contributed by atoms with Gasteiger partial charge in [-0.25, -0.2) is 4.79 Å². The highest BCUT2D eigenvalue weighted by Gasteiger charge is 2.14. The van der Waals surface area contributed by atoms with Gasteiger partial charge in [0.15, 0.2) is 11.5 Å². The second-order valence-corrected chi connectivity index (χ2v) is 3.56. The summed E-state index contributed by atoms with van der Waals surface area (Å²) in [5.41, 5.74) is 0.114. The molecule has 0 bridgehead atoms. The molecule has 0 unspecified atom stereocenters. The van der Waals surface area contributed by atoms with Crippen LogP contribution in [0, 0.1) is 0 Å². The number of carbonyl (C=O) groups is 1. The van der Waals surface area contributed by atoms with Gasteiger partial charge in [-0.2, -0.15) is 0 Å². The molecule has 1 N–H and O–H groups in total. The van der Waals surface area contributed by atoms with E-state index in [0.717, 1.165) is 0 Å². The van der Waals surface area contributed by atoms with Crippen LogP contribution in [-0.2, 0) is 0 Å². The van der Waals surface area contributed by atoms with Crippen LogP contribution in [0.25, 0.3) is 0 Å². The zero-order chi connectivity index (χ0) is 13.0. The molecule has 0 heterocycles. The lowest BCUT2D eigenvalue weighted by Gasteiger charge is -2.09. The van der Waals surface area contributed by atoms with E-state index in [1.807, 2.05) is 0 Å². The molecule has 0 amide bonds. The Kier molecular flexibility index (Phi) is 3.48. The minimum Gasteiger partial charge on any atom is -0.507 e. The van der Waals surface area contributed by atoms with Crippen molar-refractivity contribution in [2.75, 3.05) is 7.11 Å². The average molecular weight is 244 g/mol. The van der Waals surface area contributed by atoms with Crippen LogP contribution in [0.2, 0.25) is 0 Å². The largest absolute Gasteiger partial charge is 0.507 e. The Morgan fingerprint density at radius 1 is 1.00 bits per heavy atom. The van der Waals surface area contributed by atoms with Crippen LogP contribution in [-0.4, -0.2) is 18.2 Å². The van der Waals surface area contributed by atoms with Crippen molar-refractivity contribution in [2.45, 2.75) is 0 Å². The molecule has 2 aromatic rings. The second kappa shape index (κ2) is 5.23. The number of hydrogen-bond acceptors (Lipinski definition) is 4. The fourth-order valence-electron chi connectivity index (χ4n) is 1.50. The van der Waals surface area contributed by atoms with Gasteiger partial charge in [0, 0.05) is 0 Å². The van der Waals surface area contributed by atoms with E-state index in [4.69, 9.17) is 9.47 Å². The molecule has 0 fully saturated rings. The van der Waals surface area contributed by atoms with Crippen LogP contribution in [0.1, 0.15) is 10.4 Å². The molecule has 4 heteroatoms. The summed E-state index contributed by atoms with van der Waals surface area (Å²) in [7, 11) is 1.49. The number of carbonyl (C=O) groups excluding carboxylic acids is 1. The number of phenolic OH excluding ortho intramolecular Hbond substituents is 1. The van der Waals surface area contributed by atoms with Crippen LogP contribution >= 0.6 is 0 Å². The maximum Gasteiger partial charge on any atom is 0.347 e. The summed E-state index contributed by atoms with van der Waals surface area (Å²) in [6, 6.07) is 13.0. The monoisotopic (exact) mass is 244 g/mol. The Balaban J connectivity index is 2.24. The van der Waals surface area contributed by atoms with E-state index in [1.165, 1.54) is 19.2 Å². The molecule has 18 heavy (non-hydrogen) atoms. The highest BCUT2D eigenvalue weighted by molar-refractivity contribution is 5.94. The highest BCUT2D eigenvalue weighted by Crippen LogP contribution is 2.27. The molecule has 4 nitrogen and oxygen atoms in total. The quantitative estimate of drug-likeness (QED) is 0.666. The Bertz CT molecular complexity index is 563. The third-order valence-corrected chi connectivity index (χ3v) is 2.40. The van der Waals surface area contributed by atoms with Gasteiger partial charge < -0.3 is 14.6 Å². The first-order valence-corrected chi connectivity index (χ1v) is 5.35. The van der Waals surface area contributed by atoms with Crippen molar-refractivity contribution in [1.82, 2.24) is 0 Å². The first-order valence-electron chi connectivity index (χ1n) is 5.35. The number of aromatic hydroxyl groups is 1. The first-order chi connectivity index (χ1) is 8.72. The van der Waals surface area contributed by atoms with Crippen molar-refractivity contribution in [3.8, 4) is 17.2 Å². The van der Waals surface area contributed by atoms with E-state index in [2.05, 4.69) is 0 Å². The number of rotatable bonds is 3. The minimum absolute atomic E-state index is 0.114. The van der Waals surface area contributed by atoms with Gasteiger partial charge in [0.2, 0.25) is 0 Å². The number of hydrogen-bond donors (Lipinski definition) is 1. The molecule has 0 aliphatic heterocycles. The van der Waals surface area contributed by atoms with E-state index in [1.54, 1.807) is 36.4 Å². The number of benzene rings is 2. The Hall–Kier alpha value is -2.49. The number of phenols is 1. The third-order valence-electron chi connectivity index (χ3n) is 2.40. The minimum atomic E-state index is -0.627. The van der Waals surface area contributed by atoms with Gasteiger partial charge >= 0.3 is 5.97 Å². The summed E-state index contributed by atoms with van der Waals surface area (Å²) in [5.74, 6) is 0.0320. The number of methoxy groups -OCH3 is 1. The van der Waals surface area contributed by atoms with E-state index in [0.29, 0.717) is 11.5 Å². The molecule has 0 saturated heterocycles. The third kappa shape index (κ3) is 2.43. The smallest absolute Gasteiger partial charge is 0.347 e. The summed E-state index contributed by atoms with van der Waals surface area (Å²) in [4.78, 5) is 11.9. The van der Waals surface area contributed by atoms with Gasteiger partial charge in [-0.05, 0) is 24.3 Å². The summed E-state index contributed by atoms with van der Waals surface area (Å²) in [5, 5.41) is 9.55. The van der Waals surface area contributed by atoms with Crippen LogP contribution in [0.4, 0.5) is 0 Å². The maximum atomic E-state index is 11.9. The number of esters is 1. The molecule has 2 aromatic carbocycles. The lowest BCUT2D eigenvalue weighted by atomic mass is 10.2. The van der Waals surface area contributed by atoms with Gasteiger partial charge in [-0.1, -0.05) is 24.3 Å². The fourth-order valence-corrected chi connectivity index (χ4v) is 1.50. The zero-order valence-electron chi connectivity index (χ0n) is 9.79. The second-order valence-electron chi connectivity index (χ2n) is 3.56. The maximum absolute atomic E-state index is 11.9. The Morgan fingerprint density at radius 2 is 1.61 bits per heavy atom. The van der Waals surface area contributed by atoms with Gasteiger partial charge in [0.1, 0.15) is 11.3 Å². The standard InChI is InChI=1S/C14H12O4/c1-17-12-8-4-5-9-13(12)18-14(16)10-6-2-3-7-11(10)15/h2-9,15H,1H3. The molecule has 2 rings (SSSR count). The molecule has 0 aliphatic rings. The van der Waals surface area contributed by atoms with E-state index in [-0.39, 0.29) is 11.3 Å². The van der Waals surface area contributed by atoms with E-state index in [9.17, 15) is 9.90 Å². The SMILES string of the molecule is COc1ccccc1OC(=O)c1ccccc1O. The van der Waals surface area contributed by atoms with E-state index < -0.39 is 5.97 Å². The predicted molar refractivity (Wildman–Crippen MR) is 66.1 cm³/mol. The molecule has 0 saturated carbocycles. The van der Waals surface area contributed by atoms with E-state index >= 15 is 0 Å². The summed E-state index contributed by atoms with van der Waals surface area (Å²) in [6.45, 7) is 0. The molecule has 92 valence electrons. The normalized spacial score (nSPS) is 9.83. The molecular weight excluding hydrogens is 232 g/mol. The molecule has 0 atom stereocenters. The van der Waals surface area contributed by atoms with Crippen LogP contribution in [0.15, 0.2) is 48.5 Å². The number of ether oxygens (including phenoxy) is 2. The van der Waals surface area contributed by atoms with Gasteiger partial charge in [-0.15, -0.1) is 0 Å². The summed E-state index contributed by atoms with van der Waals surface area (Å²) < 4.78 is 10.3. The average Bonchev–Trinajstić information content (AvgIpc) is 2.39. The highest BCUT2D eigenvalue weighted by atomic mass is 16.6. The first kappa shape index (κ1) is 12.0. The van der Waals surface area contributed by atoms with Gasteiger partial charge in [0.05, 0.1) is 7.11 Å². The van der Waals surface area contributed by atoms with Crippen molar-refractivity contribution < 1.29 is 19.4 Å². The Morgan fingerprint density at radius 3 is 2.28 bits per heavy atom. The molecule has 0 aliphatic carbocycles. The molecule has 0 aromatic heterocycles. The van der Waals surface area contributed by atoms with Crippen molar-refractivity contribution in [1.29, 1.82) is 0 Å². The van der Waals surface area contributed by atoms with Crippen LogP contribution in [0.5, 0.6) is 17.2 Å². The molecule has 0 radical (unpaired) electrons. The number of para-hydroxylation sites is 3. The summed E-state index contributed by atoms with van der Waals surface area (Å²) >= 11 is 0. The van der Waals surface area contributed by atoms with Crippen molar-refractivity contribution in [3.63, 3.8) is 0 Å². The van der Waals surface area contributed by atoms with Crippen molar-refractivity contribution >= 4 is 5.97 Å². The van der Waals surface area contributed by atoms with Crippen LogP contribution < -0.4 is 9.47 Å². The van der Waals surface area contributed by atoms with Crippen LogP contribution in [0.3, 0.4) is 0 Å². The van der Waals surface area contributed by atoms with Crippen molar-refractivity contribution in [3.05, 3.63) is 54.1 Å². The van der Waals surface area contributed by atoms with Gasteiger partial charge in [-0.3, -0.25) is 0 Å². The lowest BCUT2D eigenvalue weighted by Crippen LogP contribution is -2.09. The fraction of sp³-hybridized carbons (Fsp3) is 0.0714. The predicted octanol–water partition coefficient (Wildman–Crippen LogP) is 2.62. The molecular formula is C14H12O4. The Labute approximate surface area is 104 Å². The summed E-state index contributed by atoms with van der Waals surface area (Å²) in [6.07, 6.45) is 0. The van der Waals surface area contributed by atoms with Crippen molar-refractivity contribution in [2.24, 2.45) is 0 Å². The zero-order valence-corrected chi connectivity index (χ0v) is 9.79.